The highest BCUT2D eigenvalue weighted by Crippen LogP contribution is 2.14. The van der Waals surface area contributed by atoms with Crippen molar-refractivity contribution in [3.63, 3.8) is 0 Å². The quantitative estimate of drug-likeness (QED) is 0.691. The lowest BCUT2D eigenvalue weighted by Gasteiger charge is -2.09. The minimum atomic E-state index is -0.305. The van der Waals surface area contributed by atoms with Crippen LogP contribution in [0.5, 0.6) is 0 Å². The van der Waals surface area contributed by atoms with Gasteiger partial charge < -0.3 is 10.1 Å². The first-order valence-corrected chi connectivity index (χ1v) is 8.10. The Balaban J connectivity index is 1.68. The number of hydrogen-bond acceptors (Lipinski definition) is 5. The van der Waals surface area contributed by atoms with Crippen LogP contribution in [0.3, 0.4) is 0 Å². The number of nitrogens with zero attached hydrogens (tertiary/aromatic N) is 3. The van der Waals surface area contributed by atoms with Gasteiger partial charge >= 0.3 is 5.97 Å². The fourth-order valence-electron chi connectivity index (χ4n) is 2.42. The Morgan fingerprint density at radius 3 is 2.85 bits per heavy atom. The summed E-state index contributed by atoms with van der Waals surface area (Å²) >= 11 is 0. The summed E-state index contributed by atoms with van der Waals surface area (Å²) in [6.45, 7) is 1.69. The number of amides is 1. The van der Waals surface area contributed by atoms with Gasteiger partial charge in [-0.15, -0.1) is 0 Å². The van der Waals surface area contributed by atoms with Gasteiger partial charge in [-0.05, 0) is 29.8 Å². The Morgan fingerprint density at radius 2 is 2.08 bits per heavy atom. The molecule has 0 fully saturated rings. The Morgan fingerprint density at radius 1 is 1.19 bits per heavy atom. The Kier molecular flexibility index (Phi) is 5.38. The molecule has 2 aromatic heterocycles. The molecule has 0 bridgehead atoms. The fourth-order valence-corrected chi connectivity index (χ4v) is 2.42. The maximum atomic E-state index is 12.5. The fraction of sp³-hybridized carbons (Fsp3) is 0.158. The van der Waals surface area contributed by atoms with E-state index in [1.165, 1.54) is 6.92 Å². The zero-order valence-corrected chi connectivity index (χ0v) is 14.3. The van der Waals surface area contributed by atoms with Gasteiger partial charge in [-0.25, -0.2) is 9.97 Å². The van der Waals surface area contributed by atoms with Crippen LogP contribution in [0, 0.1) is 0 Å². The highest BCUT2D eigenvalue weighted by atomic mass is 16.5. The molecule has 1 aromatic carbocycles. The second kappa shape index (κ2) is 8.06. The summed E-state index contributed by atoms with van der Waals surface area (Å²) in [4.78, 5) is 31.6. The van der Waals surface area contributed by atoms with Gasteiger partial charge in [0.1, 0.15) is 12.1 Å². The van der Waals surface area contributed by atoms with E-state index in [0.717, 1.165) is 5.56 Å². The second-order valence-electron chi connectivity index (χ2n) is 5.62. The van der Waals surface area contributed by atoms with E-state index in [-0.39, 0.29) is 11.9 Å². The van der Waals surface area contributed by atoms with Crippen molar-refractivity contribution in [2.45, 2.75) is 13.3 Å². The molecule has 1 amide bonds. The first kappa shape index (κ1) is 17.3. The molecule has 0 radical (unpaired) electrons. The van der Waals surface area contributed by atoms with Crippen LogP contribution in [-0.4, -0.2) is 33.0 Å². The maximum Gasteiger partial charge on any atom is 0.302 e. The molecule has 7 heteroatoms. The van der Waals surface area contributed by atoms with E-state index in [0.29, 0.717) is 30.1 Å². The van der Waals surface area contributed by atoms with Crippen LogP contribution < -0.4 is 5.32 Å². The monoisotopic (exact) mass is 350 g/mol. The second-order valence-corrected chi connectivity index (χ2v) is 5.62. The van der Waals surface area contributed by atoms with E-state index < -0.39 is 0 Å². The van der Waals surface area contributed by atoms with E-state index in [1.807, 2.05) is 24.3 Å². The van der Waals surface area contributed by atoms with Gasteiger partial charge in [0.05, 0.1) is 6.61 Å². The molecule has 26 heavy (non-hydrogen) atoms. The zero-order valence-electron chi connectivity index (χ0n) is 14.3. The normalized spacial score (nSPS) is 10.3. The molecule has 0 aliphatic rings. The van der Waals surface area contributed by atoms with Crippen LogP contribution in [0.4, 0.5) is 5.69 Å². The number of pyridine rings is 1. The van der Waals surface area contributed by atoms with Crippen molar-refractivity contribution in [3.8, 4) is 5.82 Å². The number of hydrogen-bond donors (Lipinski definition) is 1. The summed E-state index contributed by atoms with van der Waals surface area (Å²) in [5.41, 5.74) is 2.14. The number of aromatic nitrogens is 3. The van der Waals surface area contributed by atoms with Gasteiger partial charge in [0.2, 0.25) is 0 Å². The molecule has 0 atom stereocenters. The molecular weight excluding hydrogens is 332 g/mol. The van der Waals surface area contributed by atoms with E-state index in [4.69, 9.17) is 4.74 Å². The molecule has 132 valence electrons. The summed E-state index contributed by atoms with van der Waals surface area (Å²) in [7, 11) is 0. The lowest BCUT2D eigenvalue weighted by atomic mass is 10.1. The molecule has 0 aliphatic carbocycles. The average molecular weight is 350 g/mol. The van der Waals surface area contributed by atoms with Crippen molar-refractivity contribution in [2.24, 2.45) is 0 Å². The van der Waals surface area contributed by atoms with Gasteiger partial charge in [0.25, 0.3) is 5.91 Å². The van der Waals surface area contributed by atoms with Crippen LogP contribution in [0.1, 0.15) is 22.8 Å². The first-order chi connectivity index (χ1) is 12.6. The first-order valence-electron chi connectivity index (χ1n) is 8.10. The van der Waals surface area contributed by atoms with Crippen LogP contribution in [0.25, 0.3) is 5.82 Å². The minimum absolute atomic E-state index is 0.231. The number of ether oxygens (including phenoxy) is 1. The van der Waals surface area contributed by atoms with Crippen molar-refractivity contribution in [1.29, 1.82) is 0 Å². The smallest absolute Gasteiger partial charge is 0.302 e. The Labute approximate surface area is 150 Å². The maximum absolute atomic E-state index is 12.5. The van der Waals surface area contributed by atoms with E-state index in [1.54, 1.807) is 41.6 Å². The van der Waals surface area contributed by atoms with E-state index in [2.05, 4.69) is 15.3 Å². The summed E-state index contributed by atoms with van der Waals surface area (Å²) in [5, 5.41) is 2.87. The Hall–Kier alpha value is -3.48. The van der Waals surface area contributed by atoms with Crippen molar-refractivity contribution in [1.82, 2.24) is 14.5 Å². The summed E-state index contributed by atoms with van der Waals surface area (Å²) in [6, 6.07) is 10.8. The minimum Gasteiger partial charge on any atom is -0.466 e. The number of anilines is 1. The van der Waals surface area contributed by atoms with Crippen LogP contribution >= 0.6 is 0 Å². The molecule has 2 heterocycles. The molecule has 0 aliphatic heterocycles. The van der Waals surface area contributed by atoms with Crippen LogP contribution in [-0.2, 0) is 16.0 Å². The number of esters is 1. The van der Waals surface area contributed by atoms with Gasteiger partial charge in [0, 0.05) is 43.2 Å². The highest BCUT2D eigenvalue weighted by molar-refractivity contribution is 6.04. The van der Waals surface area contributed by atoms with Gasteiger partial charge in [0.15, 0.2) is 0 Å². The van der Waals surface area contributed by atoms with Crippen molar-refractivity contribution < 1.29 is 14.3 Å². The van der Waals surface area contributed by atoms with E-state index in [9.17, 15) is 9.59 Å². The lowest BCUT2D eigenvalue weighted by Crippen LogP contribution is -2.13. The number of benzene rings is 1. The number of nitrogens with one attached hydrogen (secondary N) is 1. The summed E-state index contributed by atoms with van der Waals surface area (Å²) in [6.07, 6.45) is 7.20. The number of carbonyl (C=O) groups excluding carboxylic acids is 2. The predicted molar refractivity (Wildman–Crippen MR) is 96.1 cm³/mol. The van der Waals surface area contributed by atoms with Crippen LogP contribution in [0.15, 0.2) is 61.3 Å². The Bertz CT molecular complexity index is 907. The predicted octanol–water partition coefficient (Wildman–Crippen LogP) is 2.63. The average Bonchev–Trinajstić information content (AvgIpc) is 3.16. The zero-order chi connectivity index (χ0) is 18.4. The third-order valence-corrected chi connectivity index (χ3v) is 3.66. The largest absolute Gasteiger partial charge is 0.466 e. The topological polar surface area (TPSA) is 86.1 Å². The van der Waals surface area contributed by atoms with Gasteiger partial charge in [-0.1, -0.05) is 12.1 Å². The van der Waals surface area contributed by atoms with E-state index >= 15 is 0 Å². The molecule has 0 saturated carbocycles. The summed E-state index contributed by atoms with van der Waals surface area (Å²) in [5.74, 6) is 0.0806. The third-order valence-electron chi connectivity index (χ3n) is 3.66. The molecule has 1 N–H and O–H groups in total. The standard InChI is InChI=1S/C19H18N4O3/c1-14(24)26-10-6-15-3-2-4-17(11-15)22-19(25)16-5-7-21-18(12-16)23-9-8-20-13-23/h2-5,7-9,11-13H,6,10H2,1H3,(H,22,25). The SMILES string of the molecule is CC(=O)OCCc1cccc(NC(=O)c2ccnc(-n3ccnc3)c2)c1. The van der Waals surface area contributed by atoms with Crippen molar-refractivity contribution in [3.05, 3.63) is 72.4 Å². The highest BCUT2D eigenvalue weighted by Gasteiger charge is 2.09. The van der Waals surface area contributed by atoms with Crippen molar-refractivity contribution >= 4 is 17.6 Å². The van der Waals surface area contributed by atoms with Gasteiger partial charge in [-0.3, -0.25) is 14.2 Å². The molecule has 0 unspecified atom stereocenters. The number of imidazole rings is 1. The molecule has 3 rings (SSSR count). The third kappa shape index (κ3) is 4.54. The molecule has 0 spiro atoms. The number of rotatable bonds is 6. The van der Waals surface area contributed by atoms with Gasteiger partial charge in [-0.2, -0.15) is 0 Å². The number of carbonyl (C=O) groups is 2. The van der Waals surface area contributed by atoms with Crippen molar-refractivity contribution in [2.75, 3.05) is 11.9 Å². The molecule has 3 aromatic rings. The lowest BCUT2D eigenvalue weighted by molar-refractivity contribution is -0.140. The molecule has 7 nitrogen and oxygen atoms in total. The summed E-state index contributed by atoms with van der Waals surface area (Å²) < 4.78 is 6.67. The molecular formula is C19H18N4O3. The van der Waals surface area contributed by atoms with Crippen LogP contribution in [0.2, 0.25) is 0 Å². The molecule has 0 saturated heterocycles.